The van der Waals surface area contributed by atoms with Gasteiger partial charge in [0.2, 0.25) is 0 Å². The van der Waals surface area contributed by atoms with Crippen LogP contribution in [-0.2, 0) is 17.6 Å². The maximum absolute atomic E-state index is 12.3. The quantitative estimate of drug-likeness (QED) is 0.821. The number of hydrogen-bond acceptors (Lipinski definition) is 4. The lowest BCUT2D eigenvalue weighted by molar-refractivity contribution is 0.0933. The molecule has 0 radical (unpaired) electrons. The number of methoxy groups -OCH3 is 1. The molecule has 0 aromatic heterocycles. The van der Waals surface area contributed by atoms with Crippen LogP contribution in [0.2, 0.25) is 0 Å². The SMILES string of the molecule is COCCNC(=O)c1c2c(cc3c1OCC3)OCC2. The predicted molar refractivity (Wildman–Crippen MR) is 69.0 cm³/mol. The third-order valence-corrected chi connectivity index (χ3v) is 3.47. The molecule has 2 aliphatic rings. The highest BCUT2D eigenvalue weighted by Gasteiger charge is 2.29. The van der Waals surface area contributed by atoms with E-state index in [-0.39, 0.29) is 5.91 Å². The third kappa shape index (κ3) is 2.14. The van der Waals surface area contributed by atoms with E-state index >= 15 is 0 Å². The minimum Gasteiger partial charge on any atom is -0.493 e. The molecule has 0 atom stereocenters. The number of amides is 1. The fourth-order valence-electron chi connectivity index (χ4n) is 2.58. The van der Waals surface area contributed by atoms with Crippen molar-refractivity contribution in [2.75, 3.05) is 33.5 Å². The van der Waals surface area contributed by atoms with E-state index in [1.807, 2.05) is 6.07 Å². The average molecular weight is 263 g/mol. The molecule has 0 spiro atoms. The van der Waals surface area contributed by atoms with Crippen molar-refractivity contribution in [3.05, 3.63) is 22.8 Å². The second-order valence-corrected chi connectivity index (χ2v) is 4.66. The van der Waals surface area contributed by atoms with Gasteiger partial charge in [-0.2, -0.15) is 0 Å². The maximum atomic E-state index is 12.3. The molecule has 5 heteroatoms. The molecule has 102 valence electrons. The molecule has 0 bridgehead atoms. The van der Waals surface area contributed by atoms with Gasteiger partial charge in [-0.25, -0.2) is 0 Å². The fraction of sp³-hybridized carbons (Fsp3) is 0.500. The van der Waals surface area contributed by atoms with Gasteiger partial charge in [-0.1, -0.05) is 0 Å². The van der Waals surface area contributed by atoms with Crippen LogP contribution in [0.25, 0.3) is 0 Å². The van der Waals surface area contributed by atoms with Crippen molar-refractivity contribution in [3.8, 4) is 11.5 Å². The maximum Gasteiger partial charge on any atom is 0.255 e. The fourth-order valence-corrected chi connectivity index (χ4v) is 2.58. The number of hydrogen-bond donors (Lipinski definition) is 1. The van der Waals surface area contributed by atoms with Crippen LogP contribution in [0.3, 0.4) is 0 Å². The summed E-state index contributed by atoms with van der Waals surface area (Å²) in [6, 6.07) is 2.01. The van der Waals surface area contributed by atoms with E-state index < -0.39 is 0 Å². The number of nitrogens with one attached hydrogen (secondary N) is 1. The highest BCUT2D eigenvalue weighted by molar-refractivity contribution is 6.00. The Balaban J connectivity index is 1.93. The largest absolute Gasteiger partial charge is 0.493 e. The first-order chi connectivity index (χ1) is 9.31. The van der Waals surface area contributed by atoms with Gasteiger partial charge in [-0.15, -0.1) is 0 Å². The summed E-state index contributed by atoms with van der Waals surface area (Å²) in [7, 11) is 1.61. The van der Waals surface area contributed by atoms with Crippen molar-refractivity contribution in [2.24, 2.45) is 0 Å². The van der Waals surface area contributed by atoms with E-state index in [0.717, 1.165) is 35.5 Å². The molecule has 0 unspecified atom stereocenters. The molecule has 3 rings (SSSR count). The first kappa shape index (κ1) is 12.3. The van der Waals surface area contributed by atoms with Crippen molar-refractivity contribution < 1.29 is 19.0 Å². The zero-order chi connectivity index (χ0) is 13.2. The van der Waals surface area contributed by atoms with E-state index in [1.54, 1.807) is 7.11 Å². The highest BCUT2D eigenvalue weighted by atomic mass is 16.5. The van der Waals surface area contributed by atoms with E-state index in [9.17, 15) is 4.79 Å². The minimum absolute atomic E-state index is 0.0995. The van der Waals surface area contributed by atoms with Crippen molar-refractivity contribution in [3.63, 3.8) is 0 Å². The standard InChI is InChI=1S/C14H17NO4/c1-17-7-4-15-14(16)12-10-3-6-18-11(10)8-9-2-5-19-13(9)12/h8H,2-7H2,1H3,(H,15,16). The third-order valence-electron chi connectivity index (χ3n) is 3.47. The van der Waals surface area contributed by atoms with E-state index in [1.165, 1.54) is 0 Å². The van der Waals surface area contributed by atoms with Crippen LogP contribution in [0.4, 0.5) is 0 Å². The summed E-state index contributed by atoms with van der Waals surface area (Å²) in [5, 5.41) is 2.86. The second kappa shape index (κ2) is 5.09. The van der Waals surface area contributed by atoms with Gasteiger partial charge < -0.3 is 19.5 Å². The van der Waals surface area contributed by atoms with Gasteiger partial charge in [0.25, 0.3) is 5.91 Å². The summed E-state index contributed by atoms with van der Waals surface area (Å²) in [4.78, 5) is 12.3. The monoisotopic (exact) mass is 263 g/mol. The van der Waals surface area contributed by atoms with Crippen LogP contribution in [0.5, 0.6) is 11.5 Å². The van der Waals surface area contributed by atoms with E-state index in [4.69, 9.17) is 14.2 Å². The number of fused-ring (bicyclic) bond motifs is 2. The average Bonchev–Trinajstić information content (AvgIpc) is 3.03. The van der Waals surface area contributed by atoms with Gasteiger partial charge in [0.05, 0.1) is 25.4 Å². The van der Waals surface area contributed by atoms with Gasteiger partial charge in [-0.05, 0) is 6.07 Å². The number of benzene rings is 1. The Morgan fingerprint density at radius 3 is 3.05 bits per heavy atom. The summed E-state index contributed by atoms with van der Waals surface area (Å²) < 4.78 is 16.2. The molecule has 1 amide bonds. The molecule has 2 heterocycles. The molecule has 1 N–H and O–H groups in total. The zero-order valence-electron chi connectivity index (χ0n) is 11.0. The molecular weight excluding hydrogens is 246 g/mol. The van der Waals surface area contributed by atoms with E-state index in [2.05, 4.69) is 5.32 Å². The van der Waals surface area contributed by atoms with E-state index in [0.29, 0.717) is 31.9 Å². The first-order valence-electron chi connectivity index (χ1n) is 6.52. The first-order valence-corrected chi connectivity index (χ1v) is 6.52. The number of rotatable bonds is 4. The van der Waals surface area contributed by atoms with Crippen LogP contribution in [-0.4, -0.2) is 39.4 Å². The molecule has 0 saturated heterocycles. The van der Waals surface area contributed by atoms with Gasteiger partial charge in [-0.3, -0.25) is 4.79 Å². The van der Waals surface area contributed by atoms with Crippen LogP contribution in [0.15, 0.2) is 6.07 Å². The Labute approximate surface area is 111 Å². The molecule has 2 aliphatic heterocycles. The summed E-state index contributed by atoms with van der Waals surface area (Å²) in [5.41, 5.74) is 2.69. The van der Waals surface area contributed by atoms with Crippen molar-refractivity contribution in [2.45, 2.75) is 12.8 Å². The molecular formula is C14H17NO4. The van der Waals surface area contributed by atoms with Crippen molar-refractivity contribution in [1.82, 2.24) is 5.32 Å². The van der Waals surface area contributed by atoms with Crippen LogP contribution in [0.1, 0.15) is 21.5 Å². The van der Waals surface area contributed by atoms with Gasteiger partial charge >= 0.3 is 0 Å². The Morgan fingerprint density at radius 1 is 1.37 bits per heavy atom. The van der Waals surface area contributed by atoms with Crippen molar-refractivity contribution >= 4 is 5.91 Å². The lowest BCUT2D eigenvalue weighted by Gasteiger charge is -2.12. The molecule has 0 fully saturated rings. The van der Waals surface area contributed by atoms with Crippen LogP contribution in [0, 0.1) is 0 Å². The predicted octanol–water partition coefficient (Wildman–Crippen LogP) is 0.933. The highest BCUT2D eigenvalue weighted by Crippen LogP contribution is 2.40. The lowest BCUT2D eigenvalue weighted by atomic mass is 9.99. The molecule has 0 saturated carbocycles. The molecule has 5 nitrogen and oxygen atoms in total. The number of carbonyl (C=O) groups excluding carboxylic acids is 1. The van der Waals surface area contributed by atoms with Crippen LogP contribution < -0.4 is 14.8 Å². The second-order valence-electron chi connectivity index (χ2n) is 4.66. The molecule has 1 aromatic rings. The molecule has 1 aromatic carbocycles. The van der Waals surface area contributed by atoms with Gasteiger partial charge in [0, 0.05) is 37.6 Å². The van der Waals surface area contributed by atoms with Crippen molar-refractivity contribution in [1.29, 1.82) is 0 Å². The summed E-state index contributed by atoms with van der Waals surface area (Å²) in [6.07, 6.45) is 1.60. The summed E-state index contributed by atoms with van der Waals surface area (Å²) in [5.74, 6) is 1.47. The topological polar surface area (TPSA) is 56.8 Å². The summed E-state index contributed by atoms with van der Waals surface area (Å²) >= 11 is 0. The molecule has 0 aliphatic carbocycles. The van der Waals surface area contributed by atoms with Gasteiger partial charge in [0.1, 0.15) is 11.5 Å². The Morgan fingerprint density at radius 2 is 2.21 bits per heavy atom. The molecule has 19 heavy (non-hydrogen) atoms. The smallest absolute Gasteiger partial charge is 0.255 e. The van der Waals surface area contributed by atoms with Gasteiger partial charge in [0.15, 0.2) is 0 Å². The Kier molecular flexibility index (Phi) is 3.29. The zero-order valence-corrected chi connectivity index (χ0v) is 11.0. The minimum atomic E-state index is -0.0995. The number of carbonyl (C=O) groups is 1. The summed E-state index contributed by atoms with van der Waals surface area (Å²) in [6.45, 7) is 2.27. The lowest BCUT2D eigenvalue weighted by Crippen LogP contribution is -2.28. The Bertz CT molecular complexity index is 480. The Hall–Kier alpha value is -1.75. The number of ether oxygens (including phenoxy) is 3. The van der Waals surface area contributed by atoms with Crippen LogP contribution >= 0.6 is 0 Å². The normalized spacial score (nSPS) is 15.4.